The van der Waals surface area contributed by atoms with Gasteiger partial charge >= 0.3 is 0 Å². The lowest BCUT2D eigenvalue weighted by Crippen LogP contribution is -2.50. The first kappa shape index (κ1) is 22.9. The first-order valence-corrected chi connectivity index (χ1v) is 11.9. The Balaban J connectivity index is 1.96. The molecule has 1 atom stereocenters. The minimum atomic E-state index is -3.64. The van der Waals surface area contributed by atoms with Crippen LogP contribution in [-0.2, 0) is 14.8 Å². The number of anilines is 1. The van der Waals surface area contributed by atoms with Gasteiger partial charge in [0.1, 0.15) is 6.04 Å². The van der Waals surface area contributed by atoms with Crippen LogP contribution in [0.2, 0.25) is 5.02 Å². The molecule has 1 aromatic rings. The smallest absolute Gasteiger partial charge is 0.243 e. The molecule has 0 spiro atoms. The highest BCUT2D eigenvalue weighted by Gasteiger charge is 2.31. The van der Waals surface area contributed by atoms with Crippen LogP contribution in [0.5, 0.6) is 0 Å². The van der Waals surface area contributed by atoms with Crippen molar-refractivity contribution in [1.29, 1.82) is 0 Å². The van der Waals surface area contributed by atoms with Crippen LogP contribution in [-0.4, -0.2) is 82.7 Å². The van der Waals surface area contributed by atoms with Gasteiger partial charge in [0, 0.05) is 37.7 Å². The summed E-state index contributed by atoms with van der Waals surface area (Å²) in [4.78, 5) is 17.4. The molecule has 0 unspecified atom stereocenters. The molecule has 1 aromatic carbocycles. The number of carbonyl (C=O) groups is 1. The van der Waals surface area contributed by atoms with E-state index in [1.807, 2.05) is 0 Å². The van der Waals surface area contributed by atoms with Crippen molar-refractivity contribution < 1.29 is 13.2 Å². The molecule has 1 aliphatic heterocycles. The highest BCUT2D eigenvalue weighted by atomic mass is 35.5. The number of piperazine rings is 1. The van der Waals surface area contributed by atoms with Gasteiger partial charge in [0.05, 0.1) is 11.9 Å². The van der Waals surface area contributed by atoms with E-state index < -0.39 is 16.1 Å². The topological polar surface area (TPSA) is 73.0 Å². The van der Waals surface area contributed by atoms with Gasteiger partial charge in [0.25, 0.3) is 0 Å². The van der Waals surface area contributed by atoms with Crippen LogP contribution < -0.4 is 9.62 Å². The van der Waals surface area contributed by atoms with Gasteiger partial charge in [0.2, 0.25) is 15.9 Å². The van der Waals surface area contributed by atoms with Crippen molar-refractivity contribution in [1.82, 2.24) is 15.1 Å². The highest BCUT2D eigenvalue weighted by Crippen LogP contribution is 2.25. The molecule has 158 valence electrons. The minimum Gasteiger partial charge on any atom is -0.354 e. The Hall–Kier alpha value is -1.35. The second kappa shape index (κ2) is 10.4. The van der Waals surface area contributed by atoms with Gasteiger partial charge in [0.15, 0.2) is 0 Å². The Bertz CT molecular complexity index is 751. The van der Waals surface area contributed by atoms with Crippen molar-refractivity contribution in [2.45, 2.75) is 25.8 Å². The van der Waals surface area contributed by atoms with Crippen molar-refractivity contribution in [2.24, 2.45) is 0 Å². The fourth-order valence-electron chi connectivity index (χ4n) is 3.38. The van der Waals surface area contributed by atoms with Crippen LogP contribution in [0, 0.1) is 0 Å². The predicted molar refractivity (Wildman–Crippen MR) is 114 cm³/mol. The number of carbonyl (C=O) groups excluding carboxylic acids is 1. The third-order valence-electron chi connectivity index (χ3n) is 4.94. The van der Waals surface area contributed by atoms with Crippen molar-refractivity contribution in [3.8, 4) is 0 Å². The van der Waals surface area contributed by atoms with E-state index in [2.05, 4.69) is 22.2 Å². The number of benzene rings is 1. The van der Waals surface area contributed by atoms with E-state index in [-0.39, 0.29) is 5.91 Å². The lowest BCUT2D eigenvalue weighted by atomic mass is 10.2. The number of halogens is 1. The number of rotatable bonds is 9. The van der Waals surface area contributed by atoms with E-state index in [0.717, 1.165) is 49.7 Å². The van der Waals surface area contributed by atoms with Gasteiger partial charge < -0.3 is 15.1 Å². The fraction of sp³-hybridized carbons (Fsp3) is 0.632. The molecule has 7 nitrogen and oxygen atoms in total. The summed E-state index contributed by atoms with van der Waals surface area (Å²) in [5, 5.41) is 3.33. The number of likely N-dealkylation sites (N-methyl/N-ethyl adjacent to an activating group) is 1. The molecule has 1 amide bonds. The molecular formula is C19H31ClN4O3S. The summed E-state index contributed by atoms with van der Waals surface area (Å²) in [5.41, 5.74) is 0.398. The van der Waals surface area contributed by atoms with Gasteiger partial charge in [-0.15, -0.1) is 0 Å². The van der Waals surface area contributed by atoms with E-state index in [1.165, 1.54) is 0 Å². The number of sulfonamides is 1. The maximum atomic E-state index is 12.7. The zero-order valence-electron chi connectivity index (χ0n) is 16.9. The molecule has 28 heavy (non-hydrogen) atoms. The molecular weight excluding hydrogens is 400 g/mol. The summed E-state index contributed by atoms with van der Waals surface area (Å²) in [6.45, 7) is 7.46. The van der Waals surface area contributed by atoms with E-state index in [9.17, 15) is 13.2 Å². The summed E-state index contributed by atoms with van der Waals surface area (Å²) in [5.74, 6) is -0.286. The van der Waals surface area contributed by atoms with Crippen LogP contribution in [0.3, 0.4) is 0 Å². The number of hydrogen-bond acceptors (Lipinski definition) is 5. The van der Waals surface area contributed by atoms with Crippen molar-refractivity contribution in [3.05, 3.63) is 29.3 Å². The summed E-state index contributed by atoms with van der Waals surface area (Å²) in [6.07, 6.45) is 2.31. The summed E-state index contributed by atoms with van der Waals surface area (Å²) >= 11 is 6.02. The van der Waals surface area contributed by atoms with E-state index in [0.29, 0.717) is 23.7 Å². The van der Waals surface area contributed by atoms with Gasteiger partial charge in [-0.2, -0.15) is 0 Å². The molecule has 9 heteroatoms. The van der Waals surface area contributed by atoms with Crippen molar-refractivity contribution >= 4 is 33.2 Å². The molecule has 1 heterocycles. The Morgan fingerprint density at radius 2 is 1.96 bits per heavy atom. The Kier molecular flexibility index (Phi) is 8.55. The van der Waals surface area contributed by atoms with Crippen molar-refractivity contribution in [2.75, 3.05) is 56.9 Å². The zero-order valence-corrected chi connectivity index (χ0v) is 18.5. The molecule has 0 aromatic heterocycles. The molecule has 1 saturated heterocycles. The maximum Gasteiger partial charge on any atom is 0.243 e. The minimum absolute atomic E-state index is 0.286. The van der Waals surface area contributed by atoms with Crippen LogP contribution in [0.1, 0.15) is 19.8 Å². The second-order valence-electron chi connectivity index (χ2n) is 7.25. The number of nitrogens with one attached hydrogen (secondary N) is 1. The zero-order chi connectivity index (χ0) is 20.7. The Morgan fingerprint density at radius 1 is 1.29 bits per heavy atom. The molecule has 0 bridgehead atoms. The standard InChI is InChI=1S/C19H31ClN4O3S/c1-4-18(24(28(3,26)27)17-8-5-7-16(20)15-17)19(25)21-9-6-10-23-13-11-22(2)12-14-23/h5,7-8,15,18H,4,6,9-14H2,1-3H3,(H,21,25)/t18-/m0/s1. The quantitative estimate of drug-likeness (QED) is 0.603. The van der Waals surface area contributed by atoms with Crippen molar-refractivity contribution in [3.63, 3.8) is 0 Å². The van der Waals surface area contributed by atoms with Crippen LogP contribution >= 0.6 is 11.6 Å². The van der Waals surface area contributed by atoms with Crippen LogP contribution in [0.25, 0.3) is 0 Å². The first-order valence-electron chi connectivity index (χ1n) is 9.66. The van der Waals surface area contributed by atoms with Gasteiger partial charge in [-0.1, -0.05) is 24.6 Å². The third kappa shape index (κ3) is 6.62. The highest BCUT2D eigenvalue weighted by molar-refractivity contribution is 7.92. The number of hydrogen-bond donors (Lipinski definition) is 1. The number of nitrogens with zero attached hydrogens (tertiary/aromatic N) is 3. The summed E-state index contributed by atoms with van der Waals surface area (Å²) in [6, 6.07) is 5.75. The largest absolute Gasteiger partial charge is 0.354 e. The van der Waals surface area contributed by atoms with Gasteiger partial charge in [-0.05, 0) is 44.6 Å². The fourth-order valence-corrected chi connectivity index (χ4v) is 4.77. The predicted octanol–water partition coefficient (Wildman–Crippen LogP) is 1.64. The molecule has 1 N–H and O–H groups in total. The van der Waals surface area contributed by atoms with Gasteiger partial charge in [-0.3, -0.25) is 9.10 Å². The van der Waals surface area contributed by atoms with Gasteiger partial charge in [-0.25, -0.2) is 8.42 Å². The lowest BCUT2D eigenvalue weighted by molar-refractivity contribution is -0.122. The maximum absolute atomic E-state index is 12.7. The summed E-state index contributed by atoms with van der Waals surface area (Å²) in [7, 11) is -1.52. The average molecular weight is 431 g/mol. The van der Waals surface area contributed by atoms with E-state index >= 15 is 0 Å². The normalized spacial score (nSPS) is 17.3. The second-order valence-corrected chi connectivity index (χ2v) is 9.55. The van der Waals surface area contributed by atoms with E-state index in [4.69, 9.17) is 11.6 Å². The lowest BCUT2D eigenvalue weighted by Gasteiger charge is -2.32. The molecule has 0 saturated carbocycles. The van der Waals surface area contributed by atoms with Crippen LogP contribution in [0.4, 0.5) is 5.69 Å². The molecule has 2 rings (SSSR count). The third-order valence-corrected chi connectivity index (χ3v) is 6.35. The molecule has 0 aliphatic carbocycles. The molecule has 0 radical (unpaired) electrons. The Labute approximate surface area is 173 Å². The monoisotopic (exact) mass is 430 g/mol. The van der Waals surface area contributed by atoms with E-state index in [1.54, 1.807) is 31.2 Å². The SMILES string of the molecule is CC[C@@H](C(=O)NCCCN1CCN(C)CC1)N(c1cccc(Cl)c1)S(C)(=O)=O. The van der Waals surface area contributed by atoms with Crippen LogP contribution in [0.15, 0.2) is 24.3 Å². The average Bonchev–Trinajstić information content (AvgIpc) is 2.63. The first-order chi connectivity index (χ1) is 13.2. The molecule has 1 aliphatic rings. The Morgan fingerprint density at radius 3 is 2.54 bits per heavy atom. The number of amides is 1. The molecule has 1 fully saturated rings. The summed E-state index contributed by atoms with van der Waals surface area (Å²) < 4.78 is 26.0.